The number of methoxy groups -OCH3 is 1. The molecule has 2 aromatic rings. The number of likely N-dealkylation sites (tertiary alicyclic amines) is 1. The van der Waals surface area contributed by atoms with Crippen molar-refractivity contribution in [3.05, 3.63) is 59.1 Å². The van der Waals surface area contributed by atoms with E-state index in [0.29, 0.717) is 17.3 Å². The first-order valence-electron chi connectivity index (χ1n) is 8.84. The van der Waals surface area contributed by atoms with Crippen LogP contribution in [-0.2, 0) is 0 Å². The number of rotatable bonds is 6. The predicted molar refractivity (Wildman–Crippen MR) is 105 cm³/mol. The quantitative estimate of drug-likeness (QED) is 0.793. The van der Waals surface area contributed by atoms with E-state index in [1.165, 1.54) is 12.8 Å². The number of hydrogen-bond acceptors (Lipinski definition) is 3. The number of benzene rings is 2. The summed E-state index contributed by atoms with van der Waals surface area (Å²) in [5.74, 6) is 0.829. The number of hydrogen-bond donors (Lipinski definition) is 2. The van der Waals surface area contributed by atoms with Gasteiger partial charge in [-0.3, -0.25) is 4.90 Å². The van der Waals surface area contributed by atoms with Crippen molar-refractivity contribution in [3.63, 3.8) is 0 Å². The monoisotopic (exact) mass is 373 g/mol. The van der Waals surface area contributed by atoms with Gasteiger partial charge in [0.2, 0.25) is 0 Å². The Morgan fingerprint density at radius 2 is 1.96 bits per heavy atom. The average Bonchev–Trinajstić information content (AvgIpc) is 3.16. The number of ether oxygens (including phenoxy) is 1. The van der Waals surface area contributed by atoms with Crippen LogP contribution in [0.25, 0.3) is 0 Å². The molecule has 6 heteroatoms. The smallest absolute Gasteiger partial charge is 0.319 e. The van der Waals surface area contributed by atoms with Crippen LogP contribution >= 0.6 is 11.6 Å². The minimum atomic E-state index is -0.237. The third-order valence-electron chi connectivity index (χ3n) is 4.60. The fourth-order valence-corrected chi connectivity index (χ4v) is 3.48. The van der Waals surface area contributed by atoms with E-state index in [1.807, 2.05) is 24.3 Å². The van der Waals surface area contributed by atoms with E-state index in [0.717, 1.165) is 24.4 Å². The molecule has 2 aromatic carbocycles. The molecule has 0 bridgehead atoms. The van der Waals surface area contributed by atoms with Gasteiger partial charge in [0.1, 0.15) is 5.75 Å². The van der Waals surface area contributed by atoms with Gasteiger partial charge in [0, 0.05) is 17.3 Å². The summed E-state index contributed by atoms with van der Waals surface area (Å²) in [5, 5.41) is 6.40. The van der Waals surface area contributed by atoms with Crippen LogP contribution in [0.4, 0.5) is 10.5 Å². The molecular weight excluding hydrogens is 350 g/mol. The number of nitrogens with zero attached hydrogens (tertiary/aromatic N) is 1. The topological polar surface area (TPSA) is 53.6 Å². The highest BCUT2D eigenvalue weighted by Crippen LogP contribution is 2.27. The molecule has 1 saturated heterocycles. The lowest BCUT2D eigenvalue weighted by atomic mass is 10.1. The number of urea groups is 1. The summed E-state index contributed by atoms with van der Waals surface area (Å²) in [6.45, 7) is 2.61. The highest BCUT2D eigenvalue weighted by molar-refractivity contribution is 6.30. The lowest BCUT2D eigenvalue weighted by Gasteiger charge is -2.28. The fraction of sp³-hybridized carbons (Fsp3) is 0.350. The molecular formula is C20H24ClN3O2. The first-order chi connectivity index (χ1) is 12.7. The Labute approximate surface area is 159 Å². The number of halogens is 1. The van der Waals surface area contributed by atoms with Gasteiger partial charge in [-0.1, -0.05) is 29.8 Å². The second kappa shape index (κ2) is 8.92. The second-order valence-corrected chi connectivity index (χ2v) is 6.82. The van der Waals surface area contributed by atoms with Crippen LogP contribution in [-0.4, -0.2) is 37.7 Å². The molecule has 2 N–H and O–H groups in total. The van der Waals surface area contributed by atoms with Crippen LogP contribution in [0.2, 0.25) is 5.02 Å². The maximum Gasteiger partial charge on any atom is 0.319 e. The van der Waals surface area contributed by atoms with Gasteiger partial charge in [0.25, 0.3) is 0 Å². The van der Waals surface area contributed by atoms with Crippen LogP contribution in [0, 0.1) is 0 Å². The first-order valence-corrected chi connectivity index (χ1v) is 9.22. The summed E-state index contributed by atoms with van der Waals surface area (Å²) < 4.78 is 5.35. The minimum Gasteiger partial charge on any atom is -0.497 e. The van der Waals surface area contributed by atoms with Crippen molar-refractivity contribution in [2.24, 2.45) is 0 Å². The summed E-state index contributed by atoms with van der Waals surface area (Å²) >= 11 is 5.96. The number of carbonyl (C=O) groups excluding carboxylic acids is 1. The van der Waals surface area contributed by atoms with E-state index in [2.05, 4.69) is 21.6 Å². The molecule has 1 fully saturated rings. The van der Waals surface area contributed by atoms with E-state index in [9.17, 15) is 4.79 Å². The van der Waals surface area contributed by atoms with Crippen LogP contribution in [0.5, 0.6) is 5.75 Å². The molecule has 1 aliphatic rings. The van der Waals surface area contributed by atoms with Crippen LogP contribution in [0.15, 0.2) is 48.5 Å². The van der Waals surface area contributed by atoms with Crippen molar-refractivity contribution in [2.45, 2.75) is 18.9 Å². The van der Waals surface area contributed by atoms with Crippen LogP contribution < -0.4 is 15.4 Å². The summed E-state index contributed by atoms with van der Waals surface area (Å²) in [5.41, 5.74) is 1.82. The highest BCUT2D eigenvalue weighted by atomic mass is 35.5. The zero-order chi connectivity index (χ0) is 18.4. The SMILES string of the molecule is COc1cccc([C@@H](CNC(=O)Nc2cccc(Cl)c2)N2CCCC2)c1. The summed E-state index contributed by atoms with van der Waals surface area (Å²) in [6, 6.07) is 15.1. The Morgan fingerprint density at radius 3 is 2.69 bits per heavy atom. The Balaban J connectivity index is 1.66. The largest absolute Gasteiger partial charge is 0.497 e. The Morgan fingerprint density at radius 1 is 1.19 bits per heavy atom. The fourth-order valence-electron chi connectivity index (χ4n) is 3.29. The van der Waals surface area contributed by atoms with Gasteiger partial charge in [0.15, 0.2) is 0 Å². The number of anilines is 1. The van der Waals surface area contributed by atoms with Crippen LogP contribution in [0.1, 0.15) is 24.4 Å². The van der Waals surface area contributed by atoms with E-state index in [-0.39, 0.29) is 12.1 Å². The van der Waals surface area contributed by atoms with E-state index >= 15 is 0 Å². The third kappa shape index (κ3) is 4.90. The zero-order valence-corrected chi connectivity index (χ0v) is 15.6. The standard InChI is InChI=1S/C20H24ClN3O2/c1-26-18-9-4-6-15(12-18)19(24-10-2-3-11-24)14-22-20(25)23-17-8-5-7-16(21)13-17/h4-9,12-13,19H,2-3,10-11,14H2,1H3,(H2,22,23,25)/t19-/m1/s1. The Hall–Kier alpha value is -2.24. The van der Waals surface area contributed by atoms with Crippen molar-refractivity contribution < 1.29 is 9.53 Å². The van der Waals surface area contributed by atoms with Crippen molar-refractivity contribution in [1.29, 1.82) is 0 Å². The summed E-state index contributed by atoms with van der Waals surface area (Å²) in [7, 11) is 1.67. The normalized spacial score (nSPS) is 15.5. The molecule has 0 radical (unpaired) electrons. The Kier molecular flexibility index (Phi) is 6.36. The van der Waals surface area contributed by atoms with Crippen molar-refractivity contribution in [1.82, 2.24) is 10.2 Å². The number of nitrogens with one attached hydrogen (secondary N) is 2. The lowest BCUT2D eigenvalue weighted by Crippen LogP contribution is -2.38. The molecule has 3 rings (SSSR count). The van der Waals surface area contributed by atoms with Gasteiger partial charge in [-0.25, -0.2) is 4.79 Å². The maximum atomic E-state index is 12.3. The molecule has 0 saturated carbocycles. The van der Waals surface area contributed by atoms with E-state index in [4.69, 9.17) is 16.3 Å². The molecule has 1 heterocycles. The summed E-state index contributed by atoms with van der Waals surface area (Å²) in [6.07, 6.45) is 2.38. The van der Waals surface area contributed by atoms with Crippen molar-refractivity contribution in [2.75, 3.05) is 32.1 Å². The predicted octanol–water partition coefficient (Wildman–Crippen LogP) is 4.31. The third-order valence-corrected chi connectivity index (χ3v) is 4.83. The Bertz CT molecular complexity index is 747. The molecule has 1 atom stereocenters. The van der Waals surface area contributed by atoms with Gasteiger partial charge in [-0.2, -0.15) is 0 Å². The maximum absolute atomic E-state index is 12.3. The first kappa shape index (κ1) is 18.5. The molecule has 138 valence electrons. The molecule has 1 aliphatic heterocycles. The molecule has 0 aliphatic carbocycles. The van der Waals surface area contributed by atoms with Crippen molar-refractivity contribution >= 4 is 23.3 Å². The minimum absolute atomic E-state index is 0.123. The van der Waals surface area contributed by atoms with Gasteiger partial charge in [-0.15, -0.1) is 0 Å². The van der Waals surface area contributed by atoms with Gasteiger partial charge in [-0.05, 0) is 61.8 Å². The zero-order valence-electron chi connectivity index (χ0n) is 14.9. The van der Waals surface area contributed by atoms with Gasteiger partial charge >= 0.3 is 6.03 Å². The van der Waals surface area contributed by atoms with Gasteiger partial charge < -0.3 is 15.4 Å². The lowest BCUT2D eigenvalue weighted by molar-refractivity contribution is 0.227. The summed E-state index contributed by atoms with van der Waals surface area (Å²) in [4.78, 5) is 14.7. The molecule has 5 nitrogen and oxygen atoms in total. The molecule has 0 spiro atoms. The van der Waals surface area contributed by atoms with Gasteiger partial charge in [0.05, 0.1) is 13.2 Å². The van der Waals surface area contributed by atoms with E-state index < -0.39 is 0 Å². The van der Waals surface area contributed by atoms with E-state index in [1.54, 1.807) is 25.3 Å². The highest BCUT2D eigenvalue weighted by Gasteiger charge is 2.24. The molecule has 0 aromatic heterocycles. The van der Waals surface area contributed by atoms with Crippen molar-refractivity contribution in [3.8, 4) is 5.75 Å². The number of amides is 2. The van der Waals surface area contributed by atoms with Crippen LogP contribution in [0.3, 0.4) is 0 Å². The second-order valence-electron chi connectivity index (χ2n) is 6.38. The average molecular weight is 374 g/mol. The molecule has 2 amide bonds. The molecule has 0 unspecified atom stereocenters. The number of carbonyl (C=O) groups is 1. The molecule has 26 heavy (non-hydrogen) atoms.